The Labute approximate surface area is 112 Å². The lowest BCUT2D eigenvalue weighted by Crippen LogP contribution is -2.00. The Kier molecular flexibility index (Phi) is 2.95. The Bertz CT molecular complexity index is 699. The predicted molar refractivity (Wildman–Crippen MR) is 78.2 cm³/mol. The first-order chi connectivity index (χ1) is 9.25. The second-order valence-corrected chi connectivity index (χ2v) is 4.83. The van der Waals surface area contributed by atoms with Crippen LogP contribution in [0.4, 0.5) is 5.82 Å². The van der Waals surface area contributed by atoms with Crippen LogP contribution < -0.4 is 5.73 Å². The van der Waals surface area contributed by atoms with E-state index in [1.54, 1.807) is 0 Å². The van der Waals surface area contributed by atoms with Crippen LogP contribution in [-0.4, -0.2) is 9.38 Å². The molecule has 96 valence electrons. The molecule has 19 heavy (non-hydrogen) atoms. The molecule has 0 aliphatic carbocycles. The summed E-state index contributed by atoms with van der Waals surface area (Å²) in [7, 11) is 0. The lowest BCUT2D eigenvalue weighted by atomic mass is 10.1. The van der Waals surface area contributed by atoms with Crippen molar-refractivity contribution in [2.24, 2.45) is 0 Å². The van der Waals surface area contributed by atoms with Crippen molar-refractivity contribution in [1.29, 1.82) is 0 Å². The topological polar surface area (TPSA) is 43.3 Å². The molecular formula is C16H17N3. The van der Waals surface area contributed by atoms with Crippen molar-refractivity contribution in [3.05, 3.63) is 65.6 Å². The fraction of sp³-hybridized carbons (Fsp3) is 0.188. The molecule has 0 bridgehead atoms. The minimum Gasteiger partial charge on any atom is -0.385 e. The molecule has 0 amide bonds. The van der Waals surface area contributed by atoms with Gasteiger partial charge in [0, 0.05) is 12.4 Å². The van der Waals surface area contributed by atoms with E-state index in [1.807, 2.05) is 29.8 Å². The molecule has 2 aromatic heterocycles. The number of aromatic nitrogens is 2. The van der Waals surface area contributed by atoms with Gasteiger partial charge >= 0.3 is 0 Å². The highest BCUT2D eigenvalue weighted by atomic mass is 15.0. The van der Waals surface area contributed by atoms with Crippen LogP contribution >= 0.6 is 0 Å². The highest BCUT2D eigenvalue weighted by molar-refractivity contribution is 5.63. The summed E-state index contributed by atoms with van der Waals surface area (Å²) >= 11 is 0. The third-order valence-electron chi connectivity index (χ3n) is 3.51. The van der Waals surface area contributed by atoms with Crippen LogP contribution in [0.2, 0.25) is 0 Å². The smallest absolute Gasteiger partial charge is 0.110 e. The van der Waals surface area contributed by atoms with Gasteiger partial charge < -0.3 is 10.1 Å². The van der Waals surface area contributed by atoms with Gasteiger partial charge in [-0.1, -0.05) is 30.3 Å². The summed E-state index contributed by atoms with van der Waals surface area (Å²) in [6.45, 7) is 2.03. The molecule has 3 rings (SSSR count). The molecule has 2 N–H and O–H groups in total. The average Bonchev–Trinajstić information content (AvgIpc) is 2.74. The number of benzene rings is 1. The molecule has 2 heterocycles. The highest BCUT2D eigenvalue weighted by Crippen LogP contribution is 2.20. The molecule has 0 fully saturated rings. The maximum atomic E-state index is 6.05. The van der Waals surface area contributed by atoms with E-state index < -0.39 is 0 Å². The van der Waals surface area contributed by atoms with E-state index in [0.717, 1.165) is 35.4 Å². The van der Waals surface area contributed by atoms with E-state index in [0.29, 0.717) is 0 Å². The quantitative estimate of drug-likeness (QED) is 0.777. The third-order valence-corrected chi connectivity index (χ3v) is 3.51. The fourth-order valence-electron chi connectivity index (χ4n) is 2.41. The van der Waals surface area contributed by atoms with Crippen LogP contribution in [0.15, 0.2) is 48.8 Å². The molecule has 0 aliphatic rings. The normalized spacial score (nSPS) is 11.0. The number of nitrogens with zero attached hydrogens (tertiary/aromatic N) is 2. The Hall–Kier alpha value is -2.29. The standard InChI is InChI=1S/C16H17N3/c1-12-11-15-14(18-9-10-19(15)16(12)17)8-7-13-5-3-2-4-6-13/h2-6,9-11H,7-8,17H2,1H3. The number of aryl methyl sites for hydroxylation is 3. The molecule has 0 radical (unpaired) electrons. The summed E-state index contributed by atoms with van der Waals surface area (Å²) in [5.74, 6) is 0.804. The summed E-state index contributed by atoms with van der Waals surface area (Å²) < 4.78 is 2.02. The van der Waals surface area contributed by atoms with Gasteiger partial charge in [-0.2, -0.15) is 0 Å². The summed E-state index contributed by atoms with van der Waals surface area (Å²) in [4.78, 5) is 4.50. The third kappa shape index (κ3) is 2.19. The molecule has 0 saturated heterocycles. The van der Waals surface area contributed by atoms with E-state index in [2.05, 4.69) is 35.3 Å². The fourth-order valence-corrected chi connectivity index (χ4v) is 2.41. The molecule has 3 nitrogen and oxygen atoms in total. The second kappa shape index (κ2) is 4.76. The first kappa shape index (κ1) is 11.8. The van der Waals surface area contributed by atoms with Crippen molar-refractivity contribution in [1.82, 2.24) is 9.38 Å². The van der Waals surface area contributed by atoms with Gasteiger partial charge in [-0.05, 0) is 37.0 Å². The summed E-state index contributed by atoms with van der Waals surface area (Å²) in [5.41, 5.74) is 10.7. The molecular weight excluding hydrogens is 234 g/mol. The lowest BCUT2D eigenvalue weighted by molar-refractivity contribution is 0.908. The number of hydrogen-bond donors (Lipinski definition) is 1. The van der Waals surface area contributed by atoms with Crippen LogP contribution in [0, 0.1) is 6.92 Å². The van der Waals surface area contributed by atoms with Crippen LogP contribution in [0.25, 0.3) is 5.52 Å². The summed E-state index contributed by atoms with van der Waals surface area (Å²) in [5, 5.41) is 0. The first-order valence-corrected chi connectivity index (χ1v) is 6.50. The zero-order valence-corrected chi connectivity index (χ0v) is 11.0. The van der Waals surface area contributed by atoms with Crippen LogP contribution in [-0.2, 0) is 12.8 Å². The lowest BCUT2D eigenvalue weighted by Gasteiger charge is -2.05. The van der Waals surface area contributed by atoms with Gasteiger partial charge in [-0.25, -0.2) is 0 Å². The van der Waals surface area contributed by atoms with Gasteiger partial charge in [-0.15, -0.1) is 0 Å². The SMILES string of the molecule is Cc1cc2c(CCc3ccccc3)nccn2c1N. The minimum absolute atomic E-state index is 0.804. The van der Waals surface area contributed by atoms with Crippen LogP contribution in [0.3, 0.4) is 0 Å². The summed E-state index contributed by atoms with van der Waals surface area (Å²) in [6, 6.07) is 12.6. The van der Waals surface area contributed by atoms with Crippen molar-refractivity contribution < 1.29 is 0 Å². The number of nitrogen functional groups attached to an aromatic ring is 1. The van der Waals surface area contributed by atoms with Gasteiger partial charge in [0.1, 0.15) is 5.82 Å². The van der Waals surface area contributed by atoms with Crippen molar-refractivity contribution >= 4 is 11.3 Å². The molecule has 3 heteroatoms. The zero-order chi connectivity index (χ0) is 13.2. The highest BCUT2D eigenvalue weighted by Gasteiger charge is 2.08. The zero-order valence-electron chi connectivity index (χ0n) is 11.0. The van der Waals surface area contributed by atoms with E-state index >= 15 is 0 Å². The largest absolute Gasteiger partial charge is 0.385 e. The number of fused-ring (bicyclic) bond motifs is 1. The second-order valence-electron chi connectivity index (χ2n) is 4.83. The van der Waals surface area contributed by atoms with Gasteiger partial charge in [0.05, 0.1) is 11.2 Å². The Balaban J connectivity index is 1.91. The maximum Gasteiger partial charge on any atom is 0.110 e. The average molecular weight is 251 g/mol. The van der Waals surface area contributed by atoms with Crippen LogP contribution in [0.1, 0.15) is 16.8 Å². The number of anilines is 1. The molecule has 1 aromatic carbocycles. The van der Waals surface area contributed by atoms with Gasteiger partial charge in [0.2, 0.25) is 0 Å². The van der Waals surface area contributed by atoms with E-state index in [9.17, 15) is 0 Å². The summed E-state index contributed by atoms with van der Waals surface area (Å²) in [6.07, 6.45) is 5.67. The Morgan fingerprint density at radius 2 is 1.95 bits per heavy atom. The molecule has 0 unspecified atom stereocenters. The van der Waals surface area contributed by atoms with Crippen LogP contribution in [0.5, 0.6) is 0 Å². The molecule has 0 atom stereocenters. The first-order valence-electron chi connectivity index (χ1n) is 6.50. The molecule has 0 aliphatic heterocycles. The van der Waals surface area contributed by atoms with Crippen molar-refractivity contribution in [2.45, 2.75) is 19.8 Å². The molecule has 3 aromatic rings. The monoisotopic (exact) mass is 251 g/mol. The van der Waals surface area contributed by atoms with Gasteiger partial charge in [-0.3, -0.25) is 4.98 Å². The van der Waals surface area contributed by atoms with Crippen molar-refractivity contribution in [2.75, 3.05) is 5.73 Å². The predicted octanol–water partition coefficient (Wildman–Crippen LogP) is 3.01. The van der Waals surface area contributed by atoms with E-state index in [4.69, 9.17) is 5.73 Å². The van der Waals surface area contributed by atoms with Crippen molar-refractivity contribution in [3.8, 4) is 0 Å². The molecule has 0 saturated carbocycles. The van der Waals surface area contributed by atoms with Gasteiger partial charge in [0.25, 0.3) is 0 Å². The number of rotatable bonds is 3. The number of hydrogen-bond acceptors (Lipinski definition) is 2. The van der Waals surface area contributed by atoms with Gasteiger partial charge in [0.15, 0.2) is 0 Å². The minimum atomic E-state index is 0.804. The molecule has 0 spiro atoms. The Morgan fingerprint density at radius 1 is 1.16 bits per heavy atom. The number of nitrogens with two attached hydrogens (primary N) is 1. The van der Waals surface area contributed by atoms with E-state index in [1.165, 1.54) is 5.56 Å². The Morgan fingerprint density at radius 3 is 2.74 bits per heavy atom. The maximum absolute atomic E-state index is 6.05. The van der Waals surface area contributed by atoms with E-state index in [-0.39, 0.29) is 0 Å². The van der Waals surface area contributed by atoms with Crippen molar-refractivity contribution in [3.63, 3.8) is 0 Å².